The summed E-state index contributed by atoms with van der Waals surface area (Å²) in [5.74, 6) is 1.86. The Morgan fingerprint density at radius 1 is 0.759 bits per heavy atom. The van der Waals surface area contributed by atoms with Crippen LogP contribution in [0.5, 0.6) is 17.2 Å². The average molecular weight is 805 g/mol. The number of rotatable bonds is 16. The maximum Gasteiger partial charge on any atom is 0.260 e. The molecule has 12 heteroatoms. The number of fused-ring (bicyclic) bond motifs is 7. The first-order chi connectivity index (χ1) is 28.5. The van der Waals surface area contributed by atoms with Gasteiger partial charge >= 0.3 is 0 Å². The van der Waals surface area contributed by atoms with Crippen molar-refractivity contribution in [1.29, 1.82) is 0 Å². The molecule has 2 N–H and O–H groups in total. The van der Waals surface area contributed by atoms with Crippen molar-refractivity contribution in [2.45, 2.75) is 50.4 Å². The van der Waals surface area contributed by atoms with Gasteiger partial charge < -0.3 is 39.2 Å². The lowest BCUT2D eigenvalue weighted by Crippen LogP contribution is -2.48. The number of nitrogens with one attached hydrogen (secondary N) is 1. The number of aliphatic hydroxyl groups is 1. The van der Waals surface area contributed by atoms with Crippen molar-refractivity contribution in [2.24, 2.45) is 0 Å². The third-order valence-corrected chi connectivity index (χ3v) is 12.1. The highest BCUT2D eigenvalue weighted by Crippen LogP contribution is 2.59. The Morgan fingerprint density at radius 2 is 1.40 bits per heavy atom. The van der Waals surface area contributed by atoms with Crippen molar-refractivity contribution < 1.29 is 33.6 Å². The Bertz CT molecular complexity index is 2160. The van der Waals surface area contributed by atoms with Gasteiger partial charge in [-0.15, -0.1) is 11.6 Å². The Morgan fingerprint density at radius 3 is 2.07 bits per heavy atom. The fourth-order valence-electron chi connectivity index (χ4n) is 8.61. The third kappa shape index (κ3) is 6.97. The lowest BCUT2D eigenvalue weighted by atomic mass is 9.74. The number of benzene rings is 4. The summed E-state index contributed by atoms with van der Waals surface area (Å²) >= 11 is 5.72. The van der Waals surface area contributed by atoms with Crippen molar-refractivity contribution in [3.05, 3.63) is 112 Å². The number of ether oxygens (including phenoxy) is 4. The van der Waals surface area contributed by atoms with Crippen molar-refractivity contribution in [3.8, 4) is 17.2 Å². The first kappa shape index (κ1) is 38.4. The van der Waals surface area contributed by atoms with Crippen LogP contribution in [0.15, 0.2) is 84.4 Å². The number of hydrogen-bond donors (Lipinski definition) is 2. The van der Waals surface area contributed by atoms with E-state index in [9.17, 15) is 14.7 Å². The Kier molecular flexibility index (Phi) is 11.0. The van der Waals surface area contributed by atoms with Crippen molar-refractivity contribution in [3.63, 3.8) is 0 Å². The summed E-state index contributed by atoms with van der Waals surface area (Å²) < 4.78 is 24.1. The van der Waals surface area contributed by atoms with Gasteiger partial charge in [0.25, 0.3) is 11.8 Å². The molecule has 5 heterocycles. The molecular weight excluding hydrogens is 756 g/mol. The van der Waals surface area contributed by atoms with Crippen LogP contribution in [0.2, 0.25) is 0 Å². The second-order valence-corrected chi connectivity index (χ2v) is 15.8. The van der Waals surface area contributed by atoms with E-state index >= 15 is 0 Å². The Hall–Kier alpha value is -5.07. The number of carbonyl (C=O) groups is 2. The second-order valence-electron chi connectivity index (χ2n) is 15.4. The zero-order valence-corrected chi connectivity index (χ0v) is 33.3. The van der Waals surface area contributed by atoms with Gasteiger partial charge in [0.15, 0.2) is 0 Å². The van der Waals surface area contributed by atoms with Gasteiger partial charge in [0.05, 0.1) is 25.4 Å². The second kappa shape index (κ2) is 16.7. The molecule has 2 saturated heterocycles. The van der Waals surface area contributed by atoms with Crippen molar-refractivity contribution in [2.75, 3.05) is 79.7 Å². The topological polar surface area (TPSA) is 113 Å². The molecule has 2 fully saturated rings. The van der Waals surface area contributed by atoms with Crippen LogP contribution >= 0.6 is 11.6 Å². The van der Waals surface area contributed by atoms with Gasteiger partial charge in [0.1, 0.15) is 22.8 Å². The highest BCUT2D eigenvalue weighted by atomic mass is 35.5. The van der Waals surface area contributed by atoms with Gasteiger partial charge in [-0.2, -0.15) is 0 Å². The van der Waals surface area contributed by atoms with E-state index in [-0.39, 0.29) is 18.0 Å². The molecule has 4 aromatic carbocycles. The molecule has 1 atom stereocenters. The van der Waals surface area contributed by atoms with Crippen LogP contribution in [0.4, 0.5) is 17.1 Å². The SMILES string of the molecule is O=C(NCCOCCOCCCCCCCl)C1=Cc2ccc(N3C(=O)c4ccccc4C34c3ccc(N5CCC5)cc3Oc3cc(N5CCC5)ccc34)cc2OC1O. The lowest BCUT2D eigenvalue weighted by molar-refractivity contribution is -0.120. The number of halogens is 1. The minimum Gasteiger partial charge on any atom is -0.460 e. The first-order valence-corrected chi connectivity index (χ1v) is 21.1. The summed E-state index contributed by atoms with van der Waals surface area (Å²) in [4.78, 5) is 34.6. The minimum atomic E-state index is -1.51. The Labute approximate surface area is 344 Å². The van der Waals surface area contributed by atoms with E-state index in [1.807, 2.05) is 41.3 Å². The number of alkyl halides is 1. The molecule has 0 radical (unpaired) electrons. The summed E-state index contributed by atoms with van der Waals surface area (Å²) in [5, 5.41) is 13.9. The number of unbranched alkanes of at least 4 members (excludes halogenated alkanes) is 3. The number of carbonyl (C=O) groups excluding carboxylic acids is 2. The van der Waals surface area contributed by atoms with E-state index in [2.05, 4.69) is 51.5 Å². The molecule has 9 rings (SSSR count). The van der Waals surface area contributed by atoms with E-state index in [1.54, 1.807) is 12.1 Å². The molecule has 58 heavy (non-hydrogen) atoms. The van der Waals surface area contributed by atoms with Gasteiger partial charge in [0, 0.05) is 108 Å². The quantitative estimate of drug-likeness (QED) is 0.0897. The molecule has 0 saturated carbocycles. The molecule has 11 nitrogen and oxygen atoms in total. The van der Waals surface area contributed by atoms with Crippen LogP contribution in [0.3, 0.4) is 0 Å². The predicted octanol–water partition coefficient (Wildman–Crippen LogP) is 7.21. The monoisotopic (exact) mass is 804 g/mol. The summed E-state index contributed by atoms with van der Waals surface area (Å²) in [6, 6.07) is 26.0. The fourth-order valence-corrected chi connectivity index (χ4v) is 8.80. The Balaban J connectivity index is 0.981. The normalized spacial score (nSPS) is 18.2. The number of anilines is 3. The zero-order valence-electron chi connectivity index (χ0n) is 32.6. The lowest BCUT2D eigenvalue weighted by Gasteiger charge is -2.45. The fraction of sp³-hybridized carbons (Fsp3) is 0.391. The minimum absolute atomic E-state index is 0.0853. The summed E-state index contributed by atoms with van der Waals surface area (Å²) in [5.41, 5.74) is 5.58. The highest BCUT2D eigenvalue weighted by molar-refractivity contribution is 6.17. The van der Waals surface area contributed by atoms with Crippen LogP contribution in [0.1, 0.15) is 71.1 Å². The van der Waals surface area contributed by atoms with Crippen LogP contribution < -0.4 is 29.5 Å². The molecular formula is C46H49ClN4O7. The molecule has 1 unspecified atom stereocenters. The maximum atomic E-state index is 14.9. The maximum absolute atomic E-state index is 14.9. The van der Waals surface area contributed by atoms with Crippen LogP contribution in [-0.2, 0) is 19.8 Å². The van der Waals surface area contributed by atoms with Crippen LogP contribution in [0, 0.1) is 0 Å². The number of aliphatic hydroxyl groups excluding tert-OH is 1. The van der Waals surface area contributed by atoms with Crippen LogP contribution in [0.25, 0.3) is 6.08 Å². The molecule has 5 aliphatic heterocycles. The molecule has 1 spiro atoms. The summed E-state index contributed by atoms with van der Waals surface area (Å²) in [7, 11) is 0. The molecule has 0 aliphatic carbocycles. The third-order valence-electron chi connectivity index (χ3n) is 11.9. The van der Waals surface area contributed by atoms with E-state index in [1.165, 1.54) is 0 Å². The number of nitrogens with zero attached hydrogens (tertiary/aromatic N) is 3. The summed E-state index contributed by atoms with van der Waals surface area (Å²) in [6.07, 6.45) is 6.67. The molecule has 302 valence electrons. The molecule has 4 aromatic rings. The predicted molar refractivity (Wildman–Crippen MR) is 225 cm³/mol. The van der Waals surface area contributed by atoms with E-state index in [0.29, 0.717) is 66.4 Å². The van der Waals surface area contributed by atoms with Gasteiger partial charge in [-0.3, -0.25) is 14.5 Å². The molecule has 0 bridgehead atoms. The van der Waals surface area contributed by atoms with E-state index < -0.39 is 17.7 Å². The molecule has 2 amide bonds. The van der Waals surface area contributed by atoms with Gasteiger partial charge in [-0.25, -0.2) is 0 Å². The standard InChI is InChI=1S/C46H49ClN4O7/c47-17-5-1-2-6-23-55-25-26-56-24-18-48-43(52)36-27-31-11-12-34(30-40(31)58-45(36)54)51-44(53)35-9-3-4-10-37(35)46(51)38-15-13-32(49-19-7-20-49)28-41(38)57-42-29-33(14-16-39(42)46)50-21-8-22-50/h3-4,9-16,27-30,45,54H,1-2,5-8,17-26H2,(H,48,52). The molecule has 0 aromatic heterocycles. The van der Waals surface area contributed by atoms with Gasteiger partial charge in [0.2, 0.25) is 6.29 Å². The van der Waals surface area contributed by atoms with E-state index in [4.69, 9.17) is 30.5 Å². The van der Waals surface area contributed by atoms with Crippen molar-refractivity contribution >= 4 is 46.6 Å². The number of hydrogen-bond acceptors (Lipinski definition) is 9. The van der Waals surface area contributed by atoms with Gasteiger partial charge in [-0.05, 0) is 62.1 Å². The van der Waals surface area contributed by atoms with Gasteiger partial charge in [-0.1, -0.05) is 43.2 Å². The number of amides is 2. The highest BCUT2D eigenvalue weighted by Gasteiger charge is 2.57. The zero-order chi connectivity index (χ0) is 39.6. The largest absolute Gasteiger partial charge is 0.460 e. The average Bonchev–Trinajstić information content (AvgIpc) is 3.44. The van der Waals surface area contributed by atoms with Crippen LogP contribution in [-0.4, -0.2) is 88.2 Å². The smallest absolute Gasteiger partial charge is 0.260 e. The van der Waals surface area contributed by atoms with E-state index in [0.717, 1.165) is 92.8 Å². The summed E-state index contributed by atoms with van der Waals surface area (Å²) in [6.45, 7) is 6.15. The first-order valence-electron chi connectivity index (χ1n) is 20.6. The molecule has 5 aliphatic rings. The van der Waals surface area contributed by atoms with Crippen molar-refractivity contribution in [1.82, 2.24) is 5.32 Å².